The molecule has 2 N–H and O–H groups in total. The number of benzene rings is 1. The van der Waals surface area contributed by atoms with Crippen LogP contribution in [0, 0.1) is 11.3 Å². The quantitative estimate of drug-likeness (QED) is 0.633. The Labute approximate surface area is 107 Å². The van der Waals surface area contributed by atoms with Crippen molar-refractivity contribution in [2.24, 2.45) is 0 Å². The van der Waals surface area contributed by atoms with Crippen LogP contribution in [0.4, 0.5) is 5.69 Å². The van der Waals surface area contributed by atoms with Crippen molar-refractivity contribution in [3.8, 4) is 6.07 Å². The van der Waals surface area contributed by atoms with E-state index in [0.29, 0.717) is 0 Å². The van der Waals surface area contributed by atoms with Gasteiger partial charge in [-0.3, -0.25) is 9.59 Å². The Balaban J connectivity index is 2.75. The Morgan fingerprint density at radius 2 is 1.82 bits per heavy atom. The first kappa shape index (κ1) is 13.3. The van der Waals surface area contributed by atoms with E-state index in [1.54, 1.807) is 12.1 Å². The molecule has 1 rings (SSSR count). The summed E-state index contributed by atoms with van der Waals surface area (Å²) in [6, 6.07) is 6.33. The lowest BCUT2D eigenvalue weighted by Crippen LogP contribution is -2.35. The predicted molar refractivity (Wildman–Crippen MR) is 63.7 cm³/mol. The molecule has 0 saturated carbocycles. The number of halogens is 2. The Bertz CT molecular complexity index is 477. The molecule has 0 aliphatic heterocycles. The van der Waals surface area contributed by atoms with Crippen molar-refractivity contribution in [1.29, 1.82) is 5.26 Å². The first-order valence-electron chi connectivity index (χ1n) is 4.46. The molecule has 0 aliphatic carbocycles. The van der Waals surface area contributed by atoms with Crippen molar-refractivity contribution in [3.63, 3.8) is 0 Å². The smallest absolute Gasteiger partial charge is 0.313 e. The summed E-state index contributed by atoms with van der Waals surface area (Å²) in [6.07, 6.45) is 0. The minimum atomic E-state index is -0.935. The third kappa shape index (κ3) is 3.63. The molecule has 0 spiro atoms. The minimum absolute atomic E-state index is 0.160. The van der Waals surface area contributed by atoms with Gasteiger partial charge in [-0.05, 0) is 12.1 Å². The number of hydrogen-bond donors (Lipinski definition) is 2. The molecular formula is C10H7Cl2N3O2. The molecule has 5 nitrogen and oxygen atoms in total. The van der Waals surface area contributed by atoms with Crippen LogP contribution in [-0.2, 0) is 9.59 Å². The fraction of sp³-hybridized carbons (Fsp3) is 0.100. The molecule has 88 valence electrons. The fourth-order valence-corrected chi connectivity index (χ4v) is 1.48. The Morgan fingerprint density at radius 1 is 1.24 bits per heavy atom. The Morgan fingerprint density at radius 3 is 2.35 bits per heavy atom. The summed E-state index contributed by atoms with van der Waals surface area (Å²) < 4.78 is 0. The summed E-state index contributed by atoms with van der Waals surface area (Å²) in [6.45, 7) is -0.248. The maximum atomic E-state index is 11.4. The van der Waals surface area contributed by atoms with E-state index < -0.39 is 11.8 Å². The fourth-order valence-electron chi connectivity index (χ4n) is 0.988. The van der Waals surface area contributed by atoms with Gasteiger partial charge in [-0.15, -0.1) is 0 Å². The van der Waals surface area contributed by atoms with E-state index in [1.165, 1.54) is 12.1 Å². The van der Waals surface area contributed by atoms with E-state index in [-0.39, 0.29) is 22.3 Å². The average molecular weight is 272 g/mol. The highest BCUT2D eigenvalue weighted by atomic mass is 35.5. The zero-order chi connectivity index (χ0) is 12.8. The molecule has 0 radical (unpaired) electrons. The summed E-state index contributed by atoms with van der Waals surface area (Å²) in [7, 11) is 0. The van der Waals surface area contributed by atoms with Crippen LogP contribution in [0.1, 0.15) is 0 Å². The molecule has 7 heteroatoms. The zero-order valence-corrected chi connectivity index (χ0v) is 9.97. The topological polar surface area (TPSA) is 82.0 Å². The van der Waals surface area contributed by atoms with E-state index in [9.17, 15) is 9.59 Å². The highest BCUT2D eigenvalue weighted by molar-refractivity contribution is 6.44. The number of nitriles is 1. The SMILES string of the molecule is N#CCNC(=O)C(=O)Nc1c(Cl)cccc1Cl. The summed E-state index contributed by atoms with van der Waals surface area (Å²) in [4.78, 5) is 22.5. The molecule has 0 heterocycles. The van der Waals surface area contributed by atoms with Gasteiger partial charge in [-0.25, -0.2) is 0 Å². The predicted octanol–water partition coefficient (Wildman–Crippen LogP) is 1.57. The summed E-state index contributed by atoms with van der Waals surface area (Å²) in [5.41, 5.74) is 0.160. The molecule has 0 fully saturated rings. The lowest BCUT2D eigenvalue weighted by atomic mass is 10.3. The molecule has 1 aromatic carbocycles. The highest BCUT2D eigenvalue weighted by Crippen LogP contribution is 2.29. The van der Waals surface area contributed by atoms with Gasteiger partial charge < -0.3 is 10.6 Å². The van der Waals surface area contributed by atoms with Gasteiger partial charge in [0, 0.05) is 0 Å². The van der Waals surface area contributed by atoms with E-state index in [2.05, 4.69) is 10.6 Å². The number of carbonyl (C=O) groups excluding carboxylic acids is 2. The zero-order valence-electron chi connectivity index (χ0n) is 8.46. The number of nitrogens with zero attached hydrogens (tertiary/aromatic N) is 1. The molecule has 0 aliphatic rings. The number of amides is 2. The molecule has 2 amide bonds. The van der Waals surface area contributed by atoms with Gasteiger partial charge in [0.25, 0.3) is 0 Å². The van der Waals surface area contributed by atoms with E-state index >= 15 is 0 Å². The second kappa shape index (κ2) is 6.09. The van der Waals surface area contributed by atoms with Crippen LogP contribution in [0.15, 0.2) is 18.2 Å². The molecular weight excluding hydrogens is 265 g/mol. The number of para-hydroxylation sites is 1. The lowest BCUT2D eigenvalue weighted by Gasteiger charge is -2.08. The van der Waals surface area contributed by atoms with Crippen molar-refractivity contribution in [2.75, 3.05) is 11.9 Å². The average Bonchev–Trinajstić information content (AvgIpc) is 2.30. The molecule has 0 saturated heterocycles. The van der Waals surface area contributed by atoms with Crippen molar-refractivity contribution in [1.82, 2.24) is 5.32 Å². The summed E-state index contributed by atoms with van der Waals surface area (Å²) in [5, 5.41) is 13.0. The number of hydrogen-bond acceptors (Lipinski definition) is 3. The maximum absolute atomic E-state index is 11.4. The van der Waals surface area contributed by atoms with Gasteiger partial charge >= 0.3 is 11.8 Å². The van der Waals surface area contributed by atoms with Crippen molar-refractivity contribution in [3.05, 3.63) is 28.2 Å². The second-order valence-corrected chi connectivity index (χ2v) is 3.71. The second-order valence-electron chi connectivity index (χ2n) is 2.89. The Hall–Kier alpha value is -1.77. The highest BCUT2D eigenvalue weighted by Gasteiger charge is 2.16. The maximum Gasteiger partial charge on any atom is 0.313 e. The minimum Gasteiger partial charge on any atom is -0.335 e. The number of nitrogens with one attached hydrogen (secondary N) is 2. The third-order valence-corrected chi connectivity index (χ3v) is 2.37. The third-order valence-electron chi connectivity index (χ3n) is 1.74. The lowest BCUT2D eigenvalue weighted by molar-refractivity contribution is -0.136. The first-order valence-corrected chi connectivity index (χ1v) is 5.22. The summed E-state index contributed by atoms with van der Waals surface area (Å²) in [5.74, 6) is -1.86. The molecule has 17 heavy (non-hydrogen) atoms. The molecule has 0 atom stereocenters. The van der Waals surface area contributed by atoms with Crippen LogP contribution in [0.25, 0.3) is 0 Å². The van der Waals surface area contributed by atoms with Gasteiger partial charge in [0.2, 0.25) is 0 Å². The monoisotopic (exact) mass is 271 g/mol. The molecule has 0 aromatic heterocycles. The van der Waals surface area contributed by atoms with Gasteiger partial charge in [-0.2, -0.15) is 5.26 Å². The van der Waals surface area contributed by atoms with Crippen LogP contribution in [0.5, 0.6) is 0 Å². The standard InChI is InChI=1S/C10H7Cl2N3O2/c11-6-2-1-3-7(12)8(6)15-10(17)9(16)14-5-4-13/h1-3H,5H2,(H,14,16)(H,15,17). The number of carbonyl (C=O) groups is 2. The molecule has 0 unspecified atom stereocenters. The Kier molecular flexibility index (Phi) is 4.76. The van der Waals surface area contributed by atoms with Gasteiger partial charge in [-0.1, -0.05) is 29.3 Å². The van der Waals surface area contributed by atoms with E-state index in [1.807, 2.05) is 0 Å². The van der Waals surface area contributed by atoms with Crippen LogP contribution in [0.3, 0.4) is 0 Å². The van der Waals surface area contributed by atoms with Crippen LogP contribution >= 0.6 is 23.2 Å². The molecule has 0 bridgehead atoms. The van der Waals surface area contributed by atoms with Crippen molar-refractivity contribution < 1.29 is 9.59 Å². The van der Waals surface area contributed by atoms with Gasteiger partial charge in [0.1, 0.15) is 6.54 Å². The van der Waals surface area contributed by atoms with Crippen LogP contribution in [0.2, 0.25) is 10.0 Å². The largest absolute Gasteiger partial charge is 0.335 e. The van der Waals surface area contributed by atoms with Crippen LogP contribution in [-0.4, -0.2) is 18.4 Å². The molecule has 1 aromatic rings. The van der Waals surface area contributed by atoms with Crippen molar-refractivity contribution >= 4 is 40.7 Å². The van der Waals surface area contributed by atoms with Crippen molar-refractivity contribution in [2.45, 2.75) is 0 Å². The number of anilines is 1. The normalized spacial score (nSPS) is 9.24. The van der Waals surface area contributed by atoms with Gasteiger partial charge in [0.15, 0.2) is 0 Å². The number of rotatable bonds is 2. The van der Waals surface area contributed by atoms with E-state index in [0.717, 1.165) is 0 Å². The van der Waals surface area contributed by atoms with Crippen LogP contribution < -0.4 is 10.6 Å². The van der Waals surface area contributed by atoms with E-state index in [4.69, 9.17) is 28.5 Å². The first-order chi connectivity index (χ1) is 8.06. The van der Waals surface area contributed by atoms with Gasteiger partial charge in [0.05, 0.1) is 21.8 Å². The summed E-state index contributed by atoms with van der Waals surface area (Å²) >= 11 is 11.6.